The van der Waals surface area contributed by atoms with Gasteiger partial charge in [0, 0.05) is 20.1 Å². The van der Waals surface area contributed by atoms with E-state index in [9.17, 15) is 9.18 Å². The Hall–Kier alpha value is -3.73. The average molecular weight is 576 g/mol. The summed E-state index contributed by atoms with van der Waals surface area (Å²) in [6.07, 6.45) is 1.98. The van der Waals surface area contributed by atoms with Crippen molar-refractivity contribution in [2.45, 2.75) is 18.8 Å². The van der Waals surface area contributed by atoms with Crippen molar-refractivity contribution in [3.63, 3.8) is 0 Å². The van der Waals surface area contributed by atoms with Crippen LogP contribution in [-0.2, 0) is 0 Å². The first kappa shape index (κ1) is 21.8. The summed E-state index contributed by atoms with van der Waals surface area (Å²) in [4.78, 5) is 18.8. The van der Waals surface area contributed by atoms with Gasteiger partial charge in [-0.05, 0) is 88.5 Å². The largest absolute Gasteiger partial charge is 0.319 e. The molecule has 0 unspecified atom stereocenters. The molecule has 1 amide bonds. The first-order valence-electron chi connectivity index (χ1n) is 11.1. The zero-order valence-electron chi connectivity index (χ0n) is 18.3. The second kappa shape index (κ2) is 8.81. The summed E-state index contributed by atoms with van der Waals surface area (Å²) in [5.41, 5.74) is 4.51. The van der Waals surface area contributed by atoms with Crippen LogP contribution in [0.5, 0.6) is 0 Å². The highest BCUT2D eigenvalue weighted by Gasteiger charge is 2.33. The molecule has 1 fully saturated rings. The number of aromatic amines is 1. The highest BCUT2D eigenvalue weighted by molar-refractivity contribution is 14.1. The monoisotopic (exact) mass is 576 g/mol. The van der Waals surface area contributed by atoms with Crippen LogP contribution in [0.25, 0.3) is 33.5 Å². The van der Waals surface area contributed by atoms with E-state index in [4.69, 9.17) is 4.98 Å². The molecule has 6 rings (SSSR count). The fraction of sp³-hybridized carbons (Fsp3) is 0.115. The number of carbonyl (C=O) groups excluding carboxylic acids is 1. The Labute approximate surface area is 213 Å². The normalized spacial score (nSPS) is 13.2. The van der Waals surface area contributed by atoms with Crippen LogP contribution in [0.15, 0.2) is 66.7 Å². The van der Waals surface area contributed by atoms with E-state index in [1.54, 1.807) is 6.07 Å². The fourth-order valence-electron chi connectivity index (χ4n) is 4.30. The van der Waals surface area contributed by atoms with E-state index in [0.29, 0.717) is 11.1 Å². The van der Waals surface area contributed by atoms with Gasteiger partial charge in [0.25, 0.3) is 5.91 Å². The molecule has 1 saturated carbocycles. The minimum atomic E-state index is -0.579. The maximum Gasteiger partial charge on any atom is 0.256 e. The summed E-state index contributed by atoms with van der Waals surface area (Å²) < 4.78 is 16.0. The molecule has 0 atom stereocenters. The van der Waals surface area contributed by atoms with Crippen molar-refractivity contribution in [1.29, 1.82) is 0 Å². The van der Waals surface area contributed by atoms with Gasteiger partial charge in [-0.25, -0.2) is 9.37 Å². The van der Waals surface area contributed by atoms with E-state index in [1.807, 2.05) is 48.5 Å². The van der Waals surface area contributed by atoms with Crippen LogP contribution in [-0.4, -0.2) is 31.5 Å². The molecule has 0 bridgehead atoms. The second-order valence-electron chi connectivity index (χ2n) is 8.44. The van der Waals surface area contributed by atoms with E-state index in [0.717, 1.165) is 44.1 Å². The molecule has 0 aliphatic heterocycles. The fourth-order valence-corrected chi connectivity index (χ4v) is 4.80. The Morgan fingerprint density at radius 2 is 1.86 bits per heavy atom. The van der Waals surface area contributed by atoms with E-state index in [2.05, 4.69) is 48.5 Å². The molecule has 7 nitrogen and oxygen atoms in total. The van der Waals surface area contributed by atoms with Crippen molar-refractivity contribution >= 4 is 45.1 Å². The van der Waals surface area contributed by atoms with Crippen molar-refractivity contribution in [2.75, 3.05) is 5.32 Å². The molecule has 5 aromatic rings. The van der Waals surface area contributed by atoms with Gasteiger partial charge in [-0.3, -0.25) is 4.79 Å². The van der Waals surface area contributed by atoms with Crippen LogP contribution in [0.3, 0.4) is 0 Å². The Morgan fingerprint density at radius 3 is 2.57 bits per heavy atom. The number of amides is 1. The summed E-state index contributed by atoms with van der Waals surface area (Å²) >= 11 is 2.23. The number of anilines is 1. The predicted octanol–water partition coefficient (Wildman–Crippen LogP) is 5.96. The smallest absolute Gasteiger partial charge is 0.256 e. The SMILES string of the molecule is O=C(Nc1ccc(-c2nn[nH]n2)cc1F)c1c(C2CC2)c(-c2ccccc2)nc2ccc(I)cc12. The molecular weight excluding hydrogens is 558 g/mol. The van der Waals surface area contributed by atoms with Crippen molar-refractivity contribution in [3.8, 4) is 22.6 Å². The summed E-state index contributed by atoms with van der Waals surface area (Å²) in [6.45, 7) is 0. The number of halogens is 2. The number of rotatable bonds is 5. The van der Waals surface area contributed by atoms with Gasteiger partial charge < -0.3 is 5.32 Å². The Kier molecular flexibility index (Phi) is 5.48. The Balaban J connectivity index is 1.48. The van der Waals surface area contributed by atoms with Crippen LogP contribution >= 0.6 is 22.6 Å². The first-order chi connectivity index (χ1) is 17.1. The minimum absolute atomic E-state index is 0.0841. The van der Waals surface area contributed by atoms with Crippen LogP contribution in [0.2, 0.25) is 0 Å². The van der Waals surface area contributed by atoms with E-state index < -0.39 is 5.82 Å². The quantitative estimate of drug-likeness (QED) is 0.252. The molecule has 1 aliphatic carbocycles. The van der Waals surface area contributed by atoms with Crippen molar-refractivity contribution in [1.82, 2.24) is 25.6 Å². The van der Waals surface area contributed by atoms with Crippen molar-refractivity contribution in [2.24, 2.45) is 0 Å². The molecule has 3 aromatic carbocycles. The van der Waals surface area contributed by atoms with Gasteiger partial charge >= 0.3 is 0 Å². The highest BCUT2D eigenvalue weighted by atomic mass is 127. The zero-order valence-corrected chi connectivity index (χ0v) is 20.5. The van der Waals surface area contributed by atoms with E-state index in [-0.39, 0.29) is 23.3 Å². The highest BCUT2D eigenvalue weighted by Crippen LogP contribution is 2.47. The summed E-state index contributed by atoms with van der Waals surface area (Å²) in [5, 5.41) is 17.2. The van der Waals surface area contributed by atoms with Gasteiger partial charge in [0.1, 0.15) is 5.82 Å². The van der Waals surface area contributed by atoms with E-state index >= 15 is 0 Å². The average Bonchev–Trinajstić information content (AvgIpc) is 3.57. The molecule has 2 N–H and O–H groups in total. The lowest BCUT2D eigenvalue weighted by Crippen LogP contribution is -2.17. The van der Waals surface area contributed by atoms with Gasteiger partial charge in [-0.1, -0.05) is 30.3 Å². The van der Waals surface area contributed by atoms with Crippen LogP contribution < -0.4 is 5.32 Å². The van der Waals surface area contributed by atoms with Gasteiger partial charge in [-0.15, -0.1) is 10.2 Å². The molecule has 172 valence electrons. The number of H-pyrrole nitrogens is 1. The van der Waals surface area contributed by atoms with E-state index in [1.165, 1.54) is 12.1 Å². The molecule has 0 radical (unpaired) electrons. The number of nitrogens with zero attached hydrogens (tertiary/aromatic N) is 4. The van der Waals surface area contributed by atoms with Crippen molar-refractivity contribution in [3.05, 3.63) is 87.2 Å². The molecule has 0 saturated heterocycles. The standard InChI is InChI=1S/C26H18FIN6O/c27-19-12-16(25-31-33-34-32-25)8-10-21(19)30-26(35)23-18-13-17(28)9-11-20(18)29-24(22(23)14-6-7-14)15-4-2-1-3-5-15/h1-5,8-14H,6-7H2,(H,30,35)(H,31,32,33,34). The second-order valence-corrected chi connectivity index (χ2v) is 9.68. The minimum Gasteiger partial charge on any atom is -0.319 e. The number of pyridine rings is 1. The van der Waals surface area contributed by atoms with Crippen LogP contribution in [0.4, 0.5) is 10.1 Å². The lowest BCUT2D eigenvalue weighted by molar-refractivity contribution is 0.102. The summed E-state index contributed by atoms with van der Waals surface area (Å²) in [5.74, 6) is -0.416. The van der Waals surface area contributed by atoms with Gasteiger partial charge in [0.15, 0.2) is 0 Å². The number of hydrogen-bond acceptors (Lipinski definition) is 5. The molecule has 1 aliphatic rings. The maximum atomic E-state index is 15.0. The topological polar surface area (TPSA) is 96.5 Å². The molecule has 0 spiro atoms. The number of tetrazole rings is 1. The third-order valence-electron chi connectivity index (χ3n) is 6.07. The molecule has 35 heavy (non-hydrogen) atoms. The van der Waals surface area contributed by atoms with Crippen molar-refractivity contribution < 1.29 is 9.18 Å². The number of carbonyl (C=O) groups is 1. The molecule has 2 heterocycles. The number of fused-ring (bicyclic) bond motifs is 1. The van der Waals surface area contributed by atoms with Gasteiger partial charge in [0.05, 0.1) is 22.5 Å². The summed E-state index contributed by atoms with van der Waals surface area (Å²) in [7, 11) is 0. The third kappa shape index (κ3) is 4.16. The van der Waals surface area contributed by atoms with Gasteiger partial charge in [-0.2, -0.15) is 5.21 Å². The summed E-state index contributed by atoms with van der Waals surface area (Å²) in [6, 6.07) is 20.2. The third-order valence-corrected chi connectivity index (χ3v) is 6.74. The maximum absolute atomic E-state index is 15.0. The lowest BCUT2D eigenvalue weighted by Gasteiger charge is -2.18. The number of aromatic nitrogens is 5. The lowest BCUT2D eigenvalue weighted by atomic mass is 9.93. The number of nitrogens with one attached hydrogen (secondary N) is 2. The molecular formula is C26H18FIN6O. The van der Waals surface area contributed by atoms with Crippen LogP contribution in [0, 0.1) is 9.39 Å². The Bertz CT molecular complexity index is 1570. The zero-order chi connectivity index (χ0) is 23.9. The molecule has 9 heteroatoms. The predicted molar refractivity (Wildman–Crippen MR) is 139 cm³/mol. The number of benzene rings is 3. The first-order valence-corrected chi connectivity index (χ1v) is 12.2. The Morgan fingerprint density at radius 1 is 1.03 bits per heavy atom. The molecule has 2 aromatic heterocycles. The number of hydrogen-bond donors (Lipinski definition) is 2. The van der Waals surface area contributed by atoms with Crippen LogP contribution in [0.1, 0.15) is 34.7 Å². The van der Waals surface area contributed by atoms with Gasteiger partial charge in [0.2, 0.25) is 5.82 Å².